The monoisotopic (exact) mass is 206 g/mol. The molecule has 1 saturated heterocycles. The number of sulfonamides is 1. The summed E-state index contributed by atoms with van der Waals surface area (Å²) in [6, 6.07) is 0.0668. The van der Waals surface area contributed by atoms with E-state index in [0.29, 0.717) is 5.92 Å². The molecule has 0 saturated carbocycles. The minimum atomic E-state index is -3.04. The van der Waals surface area contributed by atoms with E-state index in [4.69, 9.17) is 0 Å². The number of hydrogen-bond acceptors (Lipinski definition) is 3. The van der Waals surface area contributed by atoms with Gasteiger partial charge in [0.05, 0.1) is 6.26 Å². The van der Waals surface area contributed by atoms with Crippen LogP contribution in [0.3, 0.4) is 0 Å². The zero-order chi connectivity index (χ0) is 9.90. The first-order valence-electron chi connectivity index (χ1n) is 4.67. The van der Waals surface area contributed by atoms with Gasteiger partial charge in [0, 0.05) is 6.04 Å². The van der Waals surface area contributed by atoms with Gasteiger partial charge < -0.3 is 5.32 Å². The van der Waals surface area contributed by atoms with Gasteiger partial charge in [-0.2, -0.15) is 0 Å². The highest BCUT2D eigenvalue weighted by atomic mass is 32.2. The van der Waals surface area contributed by atoms with Gasteiger partial charge in [0.1, 0.15) is 0 Å². The molecule has 1 heterocycles. The van der Waals surface area contributed by atoms with E-state index in [1.165, 1.54) is 6.26 Å². The second kappa shape index (κ2) is 4.39. The van der Waals surface area contributed by atoms with Crippen LogP contribution in [0.25, 0.3) is 0 Å². The summed E-state index contributed by atoms with van der Waals surface area (Å²) in [6.07, 6.45) is 3.33. The Morgan fingerprint density at radius 1 is 1.38 bits per heavy atom. The molecular formula is C8H18N2O2S. The van der Waals surface area contributed by atoms with Crippen molar-refractivity contribution >= 4 is 10.0 Å². The second-order valence-electron chi connectivity index (χ2n) is 3.77. The van der Waals surface area contributed by atoms with Gasteiger partial charge in [0.15, 0.2) is 0 Å². The van der Waals surface area contributed by atoms with Crippen molar-refractivity contribution in [3.63, 3.8) is 0 Å². The predicted molar refractivity (Wildman–Crippen MR) is 53.0 cm³/mol. The van der Waals surface area contributed by atoms with Crippen molar-refractivity contribution < 1.29 is 8.42 Å². The Labute approximate surface area is 80.1 Å². The number of hydrogen-bond donors (Lipinski definition) is 2. The van der Waals surface area contributed by atoms with Crippen LogP contribution in [0.1, 0.15) is 19.8 Å². The van der Waals surface area contributed by atoms with Gasteiger partial charge in [-0.25, -0.2) is 13.1 Å². The molecule has 0 aromatic heterocycles. The third kappa shape index (κ3) is 4.06. The van der Waals surface area contributed by atoms with Crippen molar-refractivity contribution in [3.8, 4) is 0 Å². The summed E-state index contributed by atoms with van der Waals surface area (Å²) in [4.78, 5) is 0. The highest BCUT2D eigenvalue weighted by Crippen LogP contribution is 2.16. The lowest BCUT2D eigenvalue weighted by Gasteiger charge is -2.28. The zero-order valence-corrected chi connectivity index (χ0v) is 9.02. The summed E-state index contributed by atoms with van der Waals surface area (Å²) >= 11 is 0. The molecule has 2 N–H and O–H groups in total. The normalized spacial score (nSPS) is 22.9. The zero-order valence-electron chi connectivity index (χ0n) is 8.21. The standard InChI is InChI=1S/C8H18N2O2S/c1-7(10-13(2,11)12)8-3-5-9-6-4-8/h7-10H,3-6H2,1-2H3/t7-/m1/s1. The van der Waals surface area contributed by atoms with Gasteiger partial charge in [0.25, 0.3) is 0 Å². The van der Waals surface area contributed by atoms with Crippen molar-refractivity contribution in [2.24, 2.45) is 5.92 Å². The molecule has 13 heavy (non-hydrogen) atoms. The van der Waals surface area contributed by atoms with Crippen LogP contribution in [0.2, 0.25) is 0 Å². The molecule has 1 aliphatic rings. The Balaban J connectivity index is 2.42. The summed E-state index contributed by atoms with van der Waals surface area (Å²) in [7, 11) is -3.04. The van der Waals surface area contributed by atoms with E-state index in [9.17, 15) is 8.42 Å². The fourth-order valence-electron chi connectivity index (χ4n) is 1.78. The average Bonchev–Trinajstić information content (AvgIpc) is 2.03. The lowest BCUT2D eigenvalue weighted by Crippen LogP contribution is -2.42. The van der Waals surface area contributed by atoms with Gasteiger partial charge in [-0.15, -0.1) is 0 Å². The molecule has 0 aliphatic carbocycles. The topological polar surface area (TPSA) is 58.2 Å². The Morgan fingerprint density at radius 2 is 1.92 bits per heavy atom. The molecule has 0 unspecified atom stereocenters. The Morgan fingerprint density at radius 3 is 2.38 bits per heavy atom. The van der Waals surface area contributed by atoms with Crippen LogP contribution in [0.5, 0.6) is 0 Å². The summed E-state index contributed by atoms with van der Waals surface area (Å²) in [5.74, 6) is 0.482. The van der Waals surface area contributed by atoms with Crippen LogP contribution >= 0.6 is 0 Å². The summed E-state index contributed by atoms with van der Waals surface area (Å²) in [5.41, 5.74) is 0. The first-order valence-corrected chi connectivity index (χ1v) is 6.56. The molecule has 0 amide bonds. The first kappa shape index (κ1) is 10.9. The smallest absolute Gasteiger partial charge is 0.208 e. The highest BCUT2D eigenvalue weighted by molar-refractivity contribution is 7.88. The number of rotatable bonds is 3. The van der Waals surface area contributed by atoms with Crippen molar-refractivity contribution in [2.75, 3.05) is 19.3 Å². The quantitative estimate of drug-likeness (QED) is 0.679. The lowest BCUT2D eigenvalue weighted by molar-refractivity contribution is 0.316. The van der Waals surface area contributed by atoms with Crippen LogP contribution < -0.4 is 10.0 Å². The van der Waals surface area contributed by atoms with Gasteiger partial charge in [-0.1, -0.05) is 0 Å². The molecule has 0 aromatic carbocycles. The van der Waals surface area contributed by atoms with Crippen molar-refractivity contribution in [3.05, 3.63) is 0 Å². The Bertz CT molecular complexity index is 245. The van der Waals surface area contributed by atoms with E-state index < -0.39 is 10.0 Å². The largest absolute Gasteiger partial charge is 0.317 e. The summed E-state index contributed by atoms with van der Waals surface area (Å²) in [6.45, 7) is 3.94. The molecule has 0 bridgehead atoms. The van der Waals surface area contributed by atoms with Crippen LogP contribution in [-0.2, 0) is 10.0 Å². The molecule has 4 nitrogen and oxygen atoms in total. The number of nitrogens with one attached hydrogen (secondary N) is 2. The van der Waals surface area contributed by atoms with Gasteiger partial charge in [0.2, 0.25) is 10.0 Å². The summed E-state index contributed by atoms with van der Waals surface area (Å²) < 4.78 is 24.5. The SMILES string of the molecule is C[C@@H](NS(C)(=O)=O)C1CCNCC1. The van der Waals surface area contributed by atoms with E-state index >= 15 is 0 Å². The molecule has 1 rings (SSSR count). The van der Waals surface area contributed by atoms with Crippen LogP contribution in [-0.4, -0.2) is 33.8 Å². The molecule has 0 spiro atoms. The molecule has 1 atom stereocenters. The molecule has 1 fully saturated rings. The van der Waals surface area contributed by atoms with Gasteiger partial charge in [-0.3, -0.25) is 0 Å². The van der Waals surface area contributed by atoms with Crippen molar-refractivity contribution in [1.82, 2.24) is 10.0 Å². The van der Waals surface area contributed by atoms with E-state index in [1.54, 1.807) is 0 Å². The van der Waals surface area contributed by atoms with E-state index in [-0.39, 0.29) is 6.04 Å². The minimum absolute atomic E-state index is 0.0668. The fraction of sp³-hybridized carbons (Fsp3) is 1.00. The third-order valence-corrected chi connectivity index (χ3v) is 3.29. The summed E-state index contributed by atoms with van der Waals surface area (Å²) in [5, 5.41) is 3.26. The van der Waals surface area contributed by atoms with Crippen molar-refractivity contribution in [1.29, 1.82) is 0 Å². The fourth-order valence-corrected chi connectivity index (χ4v) is 2.65. The Kier molecular flexibility index (Phi) is 3.70. The van der Waals surface area contributed by atoms with Crippen LogP contribution in [0.4, 0.5) is 0 Å². The molecular weight excluding hydrogens is 188 g/mol. The average molecular weight is 206 g/mol. The third-order valence-electron chi connectivity index (χ3n) is 2.49. The van der Waals surface area contributed by atoms with E-state index in [2.05, 4.69) is 10.0 Å². The molecule has 0 radical (unpaired) electrons. The van der Waals surface area contributed by atoms with Gasteiger partial charge in [-0.05, 0) is 38.8 Å². The first-order chi connectivity index (χ1) is 5.99. The van der Waals surface area contributed by atoms with Crippen LogP contribution in [0, 0.1) is 5.92 Å². The Hall–Kier alpha value is -0.130. The highest BCUT2D eigenvalue weighted by Gasteiger charge is 2.21. The molecule has 1 aliphatic heterocycles. The van der Waals surface area contributed by atoms with Crippen molar-refractivity contribution in [2.45, 2.75) is 25.8 Å². The second-order valence-corrected chi connectivity index (χ2v) is 5.55. The van der Waals surface area contributed by atoms with E-state index in [1.807, 2.05) is 6.92 Å². The number of piperidine rings is 1. The molecule has 78 valence electrons. The minimum Gasteiger partial charge on any atom is -0.317 e. The van der Waals surface area contributed by atoms with Crippen LogP contribution in [0.15, 0.2) is 0 Å². The predicted octanol–water partition coefficient (Wildman–Crippen LogP) is -0.0763. The molecule has 5 heteroatoms. The molecule has 0 aromatic rings. The maximum atomic E-state index is 11.0. The lowest BCUT2D eigenvalue weighted by atomic mass is 9.92. The maximum Gasteiger partial charge on any atom is 0.208 e. The van der Waals surface area contributed by atoms with Gasteiger partial charge >= 0.3 is 0 Å². The maximum absolute atomic E-state index is 11.0. The van der Waals surface area contributed by atoms with E-state index in [0.717, 1.165) is 25.9 Å².